The van der Waals surface area contributed by atoms with E-state index in [1.807, 2.05) is 0 Å². The van der Waals surface area contributed by atoms with E-state index in [1.54, 1.807) is 0 Å². The van der Waals surface area contributed by atoms with Crippen molar-refractivity contribution in [2.75, 3.05) is 13.2 Å². The fraction of sp³-hybridized carbons (Fsp3) is 1.00. The largest absolute Gasteiger partial charge is 0.394 e. The Morgan fingerprint density at radius 3 is 2.56 bits per heavy atom. The van der Waals surface area contributed by atoms with Gasteiger partial charge in [-0.05, 0) is 53.0 Å². The third-order valence-electron chi connectivity index (χ3n) is 4.53. The summed E-state index contributed by atoms with van der Waals surface area (Å²) in [6, 6.07) is 1.96. The van der Waals surface area contributed by atoms with E-state index < -0.39 is 0 Å². The lowest BCUT2D eigenvalue weighted by molar-refractivity contribution is 0.0872. The molecule has 0 saturated carbocycles. The average molecular weight is 256 g/mol. The van der Waals surface area contributed by atoms with Gasteiger partial charge < -0.3 is 10.4 Å². The Balaban J connectivity index is 2.65. The Kier molecular flexibility index (Phi) is 6.09. The minimum atomic E-state index is -0.144. The van der Waals surface area contributed by atoms with Gasteiger partial charge in [0.15, 0.2) is 0 Å². The van der Waals surface area contributed by atoms with Crippen molar-refractivity contribution in [1.29, 1.82) is 0 Å². The quantitative estimate of drug-likeness (QED) is 0.734. The standard InChI is InChI=1S/C15H32N2O/c1-6-14-9-8-12(3)17(14)13(4)10-15(5,11-18)16-7-2/h12-14,16,18H,6-11H2,1-5H3. The molecule has 0 aromatic rings. The summed E-state index contributed by atoms with van der Waals surface area (Å²) >= 11 is 0. The molecule has 0 aliphatic carbocycles. The molecule has 2 N–H and O–H groups in total. The molecular formula is C15H32N2O. The summed E-state index contributed by atoms with van der Waals surface area (Å²) < 4.78 is 0. The van der Waals surface area contributed by atoms with Crippen LogP contribution in [-0.4, -0.2) is 46.8 Å². The van der Waals surface area contributed by atoms with Crippen LogP contribution in [0.5, 0.6) is 0 Å². The first-order valence-corrected chi connectivity index (χ1v) is 7.60. The van der Waals surface area contributed by atoms with Gasteiger partial charge in [0.1, 0.15) is 0 Å². The summed E-state index contributed by atoms with van der Waals surface area (Å²) in [7, 11) is 0. The number of rotatable bonds is 7. The lowest BCUT2D eigenvalue weighted by Gasteiger charge is -2.39. The summed E-state index contributed by atoms with van der Waals surface area (Å²) in [5.41, 5.74) is -0.144. The molecule has 4 unspecified atom stereocenters. The molecule has 1 saturated heterocycles. The number of hydrogen-bond acceptors (Lipinski definition) is 3. The fourth-order valence-corrected chi connectivity index (χ4v) is 3.68. The molecule has 1 fully saturated rings. The van der Waals surface area contributed by atoms with Gasteiger partial charge >= 0.3 is 0 Å². The van der Waals surface area contributed by atoms with Crippen molar-refractivity contribution < 1.29 is 5.11 Å². The Bertz CT molecular complexity index is 247. The Morgan fingerprint density at radius 1 is 1.39 bits per heavy atom. The van der Waals surface area contributed by atoms with E-state index in [-0.39, 0.29) is 12.1 Å². The number of aliphatic hydroxyl groups is 1. The van der Waals surface area contributed by atoms with Crippen LogP contribution in [0.1, 0.15) is 60.3 Å². The van der Waals surface area contributed by atoms with Crippen LogP contribution >= 0.6 is 0 Å². The van der Waals surface area contributed by atoms with Crippen molar-refractivity contribution in [2.45, 2.75) is 84.0 Å². The van der Waals surface area contributed by atoms with E-state index in [0.717, 1.165) is 19.0 Å². The first-order valence-electron chi connectivity index (χ1n) is 7.60. The molecule has 3 heteroatoms. The monoisotopic (exact) mass is 256 g/mol. The van der Waals surface area contributed by atoms with E-state index >= 15 is 0 Å². The highest BCUT2D eigenvalue weighted by Crippen LogP contribution is 2.30. The normalized spacial score (nSPS) is 30.3. The van der Waals surface area contributed by atoms with E-state index in [2.05, 4.69) is 44.8 Å². The molecule has 0 radical (unpaired) electrons. The smallest absolute Gasteiger partial charge is 0.0611 e. The maximum atomic E-state index is 9.62. The van der Waals surface area contributed by atoms with Crippen molar-refractivity contribution in [1.82, 2.24) is 10.2 Å². The van der Waals surface area contributed by atoms with E-state index in [0.29, 0.717) is 12.1 Å². The van der Waals surface area contributed by atoms with Crippen LogP contribution < -0.4 is 5.32 Å². The molecule has 0 aromatic carbocycles. The SMILES string of the molecule is CCNC(C)(CO)CC(C)N1C(C)CCC1CC. The van der Waals surface area contributed by atoms with E-state index in [4.69, 9.17) is 0 Å². The van der Waals surface area contributed by atoms with Crippen LogP contribution in [0.4, 0.5) is 0 Å². The van der Waals surface area contributed by atoms with Gasteiger partial charge in [0, 0.05) is 23.7 Å². The molecule has 0 amide bonds. The molecule has 1 heterocycles. The van der Waals surface area contributed by atoms with Crippen molar-refractivity contribution in [3.8, 4) is 0 Å². The molecule has 1 aliphatic rings. The highest BCUT2D eigenvalue weighted by Gasteiger charge is 2.36. The van der Waals surface area contributed by atoms with Crippen LogP contribution in [0.3, 0.4) is 0 Å². The molecular weight excluding hydrogens is 224 g/mol. The topological polar surface area (TPSA) is 35.5 Å². The predicted octanol–water partition coefficient (Wildman–Crippen LogP) is 2.39. The molecule has 108 valence electrons. The number of hydrogen-bond donors (Lipinski definition) is 2. The summed E-state index contributed by atoms with van der Waals surface area (Å²) in [5.74, 6) is 0. The molecule has 4 atom stereocenters. The van der Waals surface area contributed by atoms with Gasteiger partial charge in [0.2, 0.25) is 0 Å². The van der Waals surface area contributed by atoms with E-state index in [1.165, 1.54) is 19.3 Å². The van der Waals surface area contributed by atoms with E-state index in [9.17, 15) is 5.11 Å². The van der Waals surface area contributed by atoms with Gasteiger partial charge in [0.05, 0.1) is 6.61 Å². The highest BCUT2D eigenvalue weighted by atomic mass is 16.3. The maximum Gasteiger partial charge on any atom is 0.0611 e. The average Bonchev–Trinajstić information content (AvgIpc) is 2.70. The zero-order valence-corrected chi connectivity index (χ0v) is 12.9. The maximum absolute atomic E-state index is 9.62. The molecule has 1 rings (SSSR count). The minimum absolute atomic E-state index is 0.144. The number of aliphatic hydroxyl groups excluding tert-OH is 1. The highest BCUT2D eigenvalue weighted by molar-refractivity contribution is 4.93. The summed E-state index contributed by atoms with van der Waals surface area (Å²) in [4.78, 5) is 2.67. The van der Waals surface area contributed by atoms with Crippen LogP contribution in [0.15, 0.2) is 0 Å². The summed E-state index contributed by atoms with van der Waals surface area (Å²) in [6.07, 6.45) is 4.91. The second kappa shape index (κ2) is 6.88. The zero-order valence-electron chi connectivity index (χ0n) is 12.9. The summed E-state index contributed by atoms with van der Waals surface area (Å²) in [5, 5.41) is 13.1. The Hall–Kier alpha value is -0.120. The van der Waals surface area contributed by atoms with Crippen molar-refractivity contribution in [2.24, 2.45) is 0 Å². The fourth-order valence-electron chi connectivity index (χ4n) is 3.68. The van der Waals surface area contributed by atoms with Crippen LogP contribution in [0, 0.1) is 0 Å². The second-order valence-corrected chi connectivity index (χ2v) is 6.24. The van der Waals surface area contributed by atoms with Crippen molar-refractivity contribution >= 4 is 0 Å². The number of nitrogens with one attached hydrogen (secondary N) is 1. The summed E-state index contributed by atoms with van der Waals surface area (Å²) in [6.45, 7) is 12.3. The lowest BCUT2D eigenvalue weighted by Crippen LogP contribution is -2.52. The Morgan fingerprint density at radius 2 is 2.06 bits per heavy atom. The second-order valence-electron chi connectivity index (χ2n) is 6.24. The van der Waals surface area contributed by atoms with Gasteiger partial charge in [-0.3, -0.25) is 4.90 Å². The van der Waals surface area contributed by atoms with Crippen LogP contribution in [-0.2, 0) is 0 Å². The number of likely N-dealkylation sites (tertiary alicyclic amines) is 1. The number of likely N-dealkylation sites (N-methyl/N-ethyl adjacent to an activating group) is 1. The van der Waals surface area contributed by atoms with Gasteiger partial charge in [-0.1, -0.05) is 13.8 Å². The van der Waals surface area contributed by atoms with Gasteiger partial charge in [-0.25, -0.2) is 0 Å². The van der Waals surface area contributed by atoms with Crippen molar-refractivity contribution in [3.63, 3.8) is 0 Å². The third-order valence-corrected chi connectivity index (χ3v) is 4.53. The van der Waals surface area contributed by atoms with Crippen molar-refractivity contribution in [3.05, 3.63) is 0 Å². The first kappa shape index (κ1) is 15.9. The molecule has 0 bridgehead atoms. The third kappa shape index (κ3) is 3.69. The molecule has 0 aromatic heterocycles. The molecule has 3 nitrogen and oxygen atoms in total. The predicted molar refractivity (Wildman–Crippen MR) is 77.9 cm³/mol. The van der Waals surface area contributed by atoms with Crippen LogP contribution in [0.25, 0.3) is 0 Å². The first-order chi connectivity index (χ1) is 8.47. The lowest BCUT2D eigenvalue weighted by atomic mass is 9.92. The molecule has 0 spiro atoms. The molecule has 1 aliphatic heterocycles. The number of nitrogens with zero attached hydrogens (tertiary/aromatic N) is 1. The van der Waals surface area contributed by atoms with Gasteiger partial charge in [-0.15, -0.1) is 0 Å². The Labute approximate surface area is 113 Å². The minimum Gasteiger partial charge on any atom is -0.394 e. The zero-order chi connectivity index (χ0) is 13.8. The van der Waals surface area contributed by atoms with Gasteiger partial charge in [-0.2, -0.15) is 0 Å². The molecule has 18 heavy (non-hydrogen) atoms. The van der Waals surface area contributed by atoms with Gasteiger partial charge in [0.25, 0.3) is 0 Å². The van der Waals surface area contributed by atoms with Crippen LogP contribution in [0.2, 0.25) is 0 Å².